The van der Waals surface area contributed by atoms with Crippen LogP contribution >= 0.6 is 0 Å². The van der Waals surface area contributed by atoms with Crippen LogP contribution in [0.15, 0.2) is 85.9 Å². The number of benzene rings is 5. The SMILES string of the molecule is CCCC(C)C(=O)Nc1c(C)cc(C)c(N=c2cc3oc4cc(Nc5c(C)cc(C)c(NC(=O)C(C)CCC)c5C)ccc4c(-c4ccccc4S(=O)(=O)O)c-3cc2S(=O)(=O)O)c1C. The van der Waals surface area contributed by atoms with Gasteiger partial charge in [-0.3, -0.25) is 18.7 Å². The Morgan fingerprint density at radius 3 is 1.78 bits per heavy atom. The maximum absolute atomic E-state index is 13.3. The van der Waals surface area contributed by atoms with Gasteiger partial charge in [-0.15, -0.1) is 0 Å². The van der Waals surface area contributed by atoms with Crippen LogP contribution in [0.5, 0.6) is 0 Å². The van der Waals surface area contributed by atoms with Gasteiger partial charge in [-0.2, -0.15) is 16.8 Å². The van der Waals surface area contributed by atoms with Gasteiger partial charge in [-0.1, -0.05) is 70.9 Å². The summed E-state index contributed by atoms with van der Waals surface area (Å²) in [6, 6.07) is 17.3. The van der Waals surface area contributed by atoms with Gasteiger partial charge in [0.25, 0.3) is 20.2 Å². The van der Waals surface area contributed by atoms with Crippen LogP contribution in [0.2, 0.25) is 0 Å². The standard InChI is InChI=1S/C49H56N4O9S2/c1-11-15-26(3)48(54)52-46-30(7)21-28(5)44(32(46)9)50-34-19-20-35-39(23-34)62-40-25-38(51-45-29(6)22-31(8)47(33(45)10)53-49(55)27(4)16-12-2)42(64(59,60)61)24-37(40)43(35)36-17-13-14-18-41(36)63(56,57)58/h13-14,17-27,50H,11-12,15-16H2,1-10H3,(H,52,54)(H,53,55)(H,56,57,58)(H,59,60,61). The molecule has 5 N–H and O–H groups in total. The number of fused-ring (bicyclic) bond motifs is 2. The number of carbonyl (C=O) groups is 2. The summed E-state index contributed by atoms with van der Waals surface area (Å²) in [6.45, 7) is 19.0. The minimum Gasteiger partial charge on any atom is -0.456 e. The zero-order chi connectivity index (χ0) is 47.0. The Balaban J connectivity index is 1.62. The van der Waals surface area contributed by atoms with Gasteiger partial charge in [0.05, 0.1) is 11.0 Å². The molecule has 0 radical (unpaired) electrons. The molecule has 15 heteroatoms. The summed E-state index contributed by atoms with van der Waals surface area (Å²) in [5.74, 6) is -0.582. The first kappa shape index (κ1) is 47.6. The van der Waals surface area contributed by atoms with Crippen molar-refractivity contribution in [3.8, 4) is 22.5 Å². The van der Waals surface area contributed by atoms with Crippen molar-refractivity contribution in [3.63, 3.8) is 0 Å². The van der Waals surface area contributed by atoms with E-state index in [1.54, 1.807) is 38.1 Å². The van der Waals surface area contributed by atoms with E-state index < -0.39 is 30.0 Å². The first-order valence-electron chi connectivity index (χ1n) is 21.3. The van der Waals surface area contributed by atoms with E-state index in [0.29, 0.717) is 45.7 Å². The highest BCUT2D eigenvalue weighted by Gasteiger charge is 2.28. The molecule has 6 rings (SSSR count). The summed E-state index contributed by atoms with van der Waals surface area (Å²) in [7, 11) is -9.81. The fourth-order valence-corrected chi connectivity index (χ4v) is 9.80. The van der Waals surface area contributed by atoms with E-state index in [0.717, 1.165) is 47.2 Å². The molecule has 0 bridgehead atoms. The van der Waals surface area contributed by atoms with Gasteiger partial charge >= 0.3 is 0 Å². The van der Waals surface area contributed by atoms with Crippen molar-refractivity contribution in [2.45, 2.75) is 105 Å². The molecule has 0 fully saturated rings. The van der Waals surface area contributed by atoms with Gasteiger partial charge in [-0.25, -0.2) is 4.99 Å². The number of carbonyl (C=O) groups excluding carboxylic acids is 2. The lowest BCUT2D eigenvalue weighted by molar-refractivity contribution is -0.120. The summed E-state index contributed by atoms with van der Waals surface area (Å²) < 4.78 is 80.0. The predicted molar refractivity (Wildman–Crippen MR) is 253 cm³/mol. The Hall–Kier alpha value is -5.87. The lowest BCUT2D eigenvalue weighted by Crippen LogP contribution is -2.21. The first-order chi connectivity index (χ1) is 30.0. The van der Waals surface area contributed by atoms with Gasteiger partial charge < -0.3 is 20.4 Å². The maximum Gasteiger partial charge on any atom is 0.296 e. The third-order valence-electron chi connectivity index (χ3n) is 11.8. The smallest absolute Gasteiger partial charge is 0.296 e. The second-order valence-corrected chi connectivity index (χ2v) is 19.6. The van der Waals surface area contributed by atoms with Gasteiger partial charge in [0.15, 0.2) is 0 Å². The number of rotatable bonds is 14. The van der Waals surface area contributed by atoms with Crippen LogP contribution in [-0.4, -0.2) is 37.8 Å². The molecule has 0 aromatic heterocycles. The third-order valence-corrected chi connectivity index (χ3v) is 13.5. The molecule has 0 spiro atoms. The lowest BCUT2D eigenvalue weighted by atomic mass is 9.93. The number of nitrogens with zero attached hydrogens (tertiary/aromatic N) is 1. The number of hydrogen-bond donors (Lipinski definition) is 5. The van der Waals surface area contributed by atoms with E-state index in [1.165, 1.54) is 30.3 Å². The van der Waals surface area contributed by atoms with E-state index in [1.807, 2.05) is 67.5 Å². The normalized spacial score (nSPS) is 13.3. The number of nitrogens with one attached hydrogen (secondary N) is 3. The minimum atomic E-state index is -5.00. The molecule has 64 heavy (non-hydrogen) atoms. The fraction of sp³-hybridized carbons (Fsp3) is 0.327. The zero-order valence-electron chi connectivity index (χ0n) is 37.8. The monoisotopic (exact) mass is 908 g/mol. The average Bonchev–Trinajstić information content (AvgIpc) is 3.22. The maximum atomic E-state index is 13.3. The molecular weight excluding hydrogens is 853 g/mol. The van der Waals surface area contributed by atoms with Crippen LogP contribution in [0.4, 0.5) is 28.4 Å². The number of anilines is 4. The van der Waals surface area contributed by atoms with E-state index in [-0.39, 0.29) is 57.0 Å². The van der Waals surface area contributed by atoms with E-state index in [9.17, 15) is 35.5 Å². The second kappa shape index (κ2) is 18.7. The molecular formula is C49H56N4O9S2. The van der Waals surface area contributed by atoms with Crippen LogP contribution in [-0.2, 0) is 29.8 Å². The molecule has 2 aliphatic rings. The third kappa shape index (κ3) is 9.77. The summed E-state index contributed by atoms with van der Waals surface area (Å²) in [6.07, 6.45) is 3.15. The largest absolute Gasteiger partial charge is 0.456 e. The highest BCUT2D eigenvalue weighted by atomic mass is 32.2. The van der Waals surface area contributed by atoms with Gasteiger partial charge in [0.1, 0.15) is 21.1 Å². The average molecular weight is 909 g/mol. The van der Waals surface area contributed by atoms with E-state index in [2.05, 4.69) is 16.0 Å². The van der Waals surface area contributed by atoms with Crippen molar-refractivity contribution in [1.29, 1.82) is 0 Å². The van der Waals surface area contributed by atoms with Crippen LogP contribution in [0.1, 0.15) is 86.8 Å². The topological polar surface area (TPSA) is 204 Å². The van der Waals surface area contributed by atoms with Gasteiger partial charge in [0, 0.05) is 68.8 Å². The number of aryl methyl sites for hydroxylation is 4. The lowest BCUT2D eigenvalue weighted by Gasteiger charge is -2.21. The van der Waals surface area contributed by atoms with Crippen molar-refractivity contribution in [1.82, 2.24) is 0 Å². The van der Waals surface area contributed by atoms with Crippen molar-refractivity contribution in [3.05, 3.63) is 105 Å². The van der Waals surface area contributed by atoms with Crippen molar-refractivity contribution < 1.29 is 39.9 Å². The highest BCUT2D eigenvalue weighted by Crippen LogP contribution is 2.44. The molecule has 338 valence electrons. The molecule has 1 aliphatic carbocycles. The molecule has 4 aromatic carbocycles. The number of hydrogen-bond acceptors (Lipinski definition) is 9. The van der Waals surface area contributed by atoms with Crippen LogP contribution in [0, 0.1) is 53.4 Å². The molecule has 0 saturated heterocycles. The molecule has 13 nitrogen and oxygen atoms in total. The van der Waals surface area contributed by atoms with Gasteiger partial charge in [0.2, 0.25) is 11.8 Å². The molecule has 4 aromatic rings. The Kier molecular flexibility index (Phi) is 13.9. The molecule has 1 aliphatic heterocycles. The van der Waals surface area contributed by atoms with E-state index >= 15 is 0 Å². The van der Waals surface area contributed by atoms with Crippen LogP contribution in [0.3, 0.4) is 0 Å². The Morgan fingerprint density at radius 1 is 0.656 bits per heavy atom. The van der Waals surface area contributed by atoms with Crippen LogP contribution in [0.25, 0.3) is 33.4 Å². The molecule has 1 heterocycles. The van der Waals surface area contributed by atoms with Crippen LogP contribution < -0.4 is 21.3 Å². The minimum absolute atomic E-state index is 0.0494. The molecule has 2 unspecified atom stereocenters. The predicted octanol–water partition coefficient (Wildman–Crippen LogP) is 11.3. The first-order valence-corrected chi connectivity index (χ1v) is 24.2. The Morgan fingerprint density at radius 2 is 1.20 bits per heavy atom. The second-order valence-electron chi connectivity index (χ2n) is 16.8. The van der Waals surface area contributed by atoms with E-state index in [4.69, 9.17) is 9.41 Å². The van der Waals surface area contributed by atoms with Gasteiger partial charge in [-0.05, 0) is 112 Å². The molecule has 2 atom stereocenters. The quantitative estimate of drug-likeness (QED) is 0.0516. The Labute approximate surface area is 375 Å². The summed E-state index contributed by atoms with van der Waals surface area (Å²) in [5.41, 5.74) is 8.19. The summed E-state index contributed by atoms with van der Waals surface area (Å²) in [4.78, 5) is 30.1. The number of amides is 2. The summed E-state index contributed by atoms with van der Waals surface area (Å²) >= 11 is 0. The van der Waals surface area contributed by atoms with Crippen molar-refractivity contribution >= 4 is 71.5 Å². The molecule has 0 saturated carbocycles. The van der Waals surface area contributed by atoms with Crippen molar-refractivity contribution in [2.24, 2.45) is 16.8 Å². The Bertz CT molecular complexity index is 3100. The highest BCUT2D eigenvalue weighted by molar-refractivity contribution is 7.86. The van der Waals surface area contributed by atoms with Crippen molar-refractivity contribution in [2.75, 3.05) is 16.0 Å². The summed E-state index contributed by atoms with van der Waals surface area (Å²) in [5, 5.41) is 9.82. The fourth-order valence-electron chi connectivity index (χ4n) is 8.46. The molecule has 2 amide bonds. The zero-order valence-corrected chi connectivity index (χ0v) is 39.5.